The molecule has 0 radical (unpaired) electrons. The van der Waals surface area contributed by atoms with Gasteiger partial charge in [-0.2, -0.15) is 9.61 Å². The third-order valence-electron chi connectivity index (χ3n) is 3.80. The van der Waals surface area contributed by atoms with Gasteiger partial charge in [0.15, 0.2) is 5.65 Å². The van der Waals surface area contributed by atoms with Gasteiger partial charge in [0.25, 0.3) is 0 Å². The third-order valence-corrected chi connectivity index (χ3v) is 3.80. The van der Waals surface area contributed by atoms with Crippen molar-refractivity contribution in [1.82, 2.24) is 14.6 Å². The summed E-state index contributed by atoms with van der Waals surface area (Å²) in [4.78, 5) is 16.4. The smallest absolute Gasteiger partial charge is 0.239 e. The van der Waals surface area contributed by atoms with Gasteiger partial charge in [-0.05, 0) is 12.3 Å². The van der Waals surface area contributed by atoms with E-state index in [1.807, 2.05) is 42.5 Å². The van der Waals surface area contributed by atoms with Crippen molar-refractivity contribution < 1.29 is 4.79 Å². The number of rotatable bonds is 6. The van der Waals surface area contributed by atoms with E-state index in [1.165, 1.54) is 0 Å². The zero-order chi connectivity index (χ0) is 17.1. The zero-order valence-corrected chi connectivity index (χ0v) is 13.8. The Morgan fingerprint density at radius 1 is 1.25 bits per heavy atom. The largest absolute Gasteiger partial charge is 0.368 e. The molecule has 2 aromatic heterocycles. The van der Waals surface area contributed by atoms with Crippen LogP contribution < -0.4 is 11.1 Å². The highest BCUT2D eigenvalue weighted by molar-refractivity contribution is 5.83. The summed E-state index contributed by atoms with van der Waals surface area (Å²) >= 11 is 0. The van der Waals surface area contributed by atoms with Crippen molar-refractivity contribution in [2.75, 3.05) is 5.32 Å². The van der Waals surface area contributed by atoms with Crippen LogP contribution in [0.15, 0.2) is 48.7 Å². The lowest BCUT2D eigenvalue weighted by Crippen LogP contribution is -2.37. The van der Waals surface area contributed by atoms with E-state index in [0.717, 1.165) is 11.3 Å². The van der Waals surface area contributed by atoms with Gasteiger partial charge in [0.1, 0.15) is 11.9 Å². The number of nitrogens with one attached hydrogen (secondary N) is 1. The lowest BCUT2D eigenvalue weighted by atomic mass is 10.0. The highest BCUT2D eigenvalue weighted by atomic mass is 16.1. The molecule has 1 amide bonds. The Kier molecular flexibility index (Phi) is 4.46. The number of hydrogen-bond donors (Lipinski definition) is 2. The van der Waals surface area contributed by atoms with Crippen molar-refractivity contribution in [1.29, 1.82) is 0 Å². The van der Waals surface area contributed by atoms with E-state index in [0.29, 0.717) is 23.8 Å². The molecule has 1 aromatic carbocycles. The molecule has 6 heteroatoms. The predicted molar refractivity (Wildman–Crippen MR) is 94.5 cm³/mol. The first-order chi connectivity index (χ1) is 11.5. The van der Waals surface area contributed by atoms with Crippen LogP contribution in [0.5, 0.6) is 0 Å². The van der Waals surface area contributed by atoms with E-state index < -0.39 is 6.04 Å². The molecule has 0 aliphatic rings. The van der Waals surface area contributed by atoms with Gasteiger partial charge in [-0.3, -0.25) is 4.79 Å². The van der Waals surface area contributed by atoms with E-state index in [-0.39, 0.29) is 5.91 Å². The van der Waals surface area contributed by atoms with Gasteiger partial charge in [-0.15, -0.1) is 0 Å². The molecular formula is C18H21N5O. The lowest BCUT2D eigenvalue weighted by Gasteiger charge is -2.19. The van der Waals surface area contributed by atoms with Gasteiger partial charge >= 0.3 is 0 Å². The molecule has 3 aromatic rings. The SMILES string of the molecule is CC(C)C[C@H](Nc1cc(-c2ccccc2)nc2ccnn12)C(N)=O. The van der Waals surface area contributed by atoms with Crippen LogP contribution in [0.1, 0.15) is 20.3 Å². The Bertz CT molecular complexity index is 841. The number of nitrogens with zero attached hydrogens (tertiary/aromatic N) is 3. The number of carbonyl (C=O) groups is 1. The molecular weight excluding hydrogens is 302 g/mol. The standard InChI is InChI=1S/C18H21N5O/c1-12(2)10-15(18(19)24)22-17-11-14(13-6-4-3-5-7-13)21-16-8-9-20-23(16)17/h3-9,11-12,15,22H,10H2,1-2H3,(H2,19,24)/t15-/m0/s1. The highest BCUT2D eigenvalue weighted by Crippen LogP contribution is 2.23. The maximum absolute atomic E-state index is 11.8. The van der Waals surface area contributed by atoms with Crippen molar-refractivity contribution in [3.05, 3.63) is 48.7 Å². The Labute approximate surface area is 140 Å². The molecule has 3 rings (SSSR count). The van der Waals surface area contributed by atoms with Crippen molar-refractivity contribution in [2.24, 2.45) is 11.7 Å². The number of primary amides is 1. The summed E-state index contributed by atoms with van der Waals surface area (Å²) in [6.07, 6.45) is 2.34. The summed E-state index contributed by atoms with van der Waals surface area (Å²) in [7, 11) is 0. The lowest BCUT2D eigenvalue weighted by molar-refractivity contribution is -0.119. The molecule has 6 nitrogen and oxygen atoms in total. The maximum Gasteiger partial charge on any atom is 0.239 e. The summed E-state index contributed by atoms with van der Waals surface area (Å²) in [5.74, 6) is 0.675. The molecule has 24 heavy (non-hydrogen) atoms. The second kappa shape index (κ2) is 6.70. The Balaban J connectivity index is 2.03. The quantitative estimate of drug-likeness (QED) is 0.730. The molecule has 0 aliphatic heterocycles. The predicted octanol–water partition coefficient (Wildman–Crippen LogP) is 2.71. The first-order valence-corrected chi connectivity index (χ1v) is 8.00. The maximum atomic E-state index is 11.8. The van der Waals surface area contributed by atoms with Crippen molar-refractivity contribution in [3.8, 4) is 11.3 Å². The number of anilines is 1. The molecule has 3 N–H and O–H groups in total. The molecule has 0 saturated heterocycles. The van der Waals surface area contributed by atoms with E-state index in [9.17, 15) is 4.79 Å². The number of benzene rings is 1. The second-order valence-corrected chi connectivity index (χ2v) is 6.22. The second-order valence-electron chi connectivity index (χ2n) is 6.22. The van der Waals surface area contributed by atoms with Crippen LogP contribution >= 0.6 is 0 Å². The molecule has 1 atom stereocenters. The van der Waals surface area contributed by atoms with Crippen LogP contribution in [-0.2, 0) is 4.79 Å². The van der Waals surface area contributed by atoms with Crippen molar-refractivity contribution in [2.45, 2.75) is 26.3 Å². The summed E-state index contributed by atoms with van der Waals surface area (Å²) in [5, 5.41) is 7.52. The summed E-state index contributed by atoms with van der Waals surface area (Å²) in [6, 6.07) is 13.2. The van der Waals surface area contributed by atoms with Gasteiger partial charge < -0.3 is 11.1 Å². The third kappa shape index (κ3) is 3.37. The zero-order valence-electron chi connectivity index (χ0n) is 13.8. The number of hydrogen-bond acceptors (Lipinski definition) is 4. The van der Waals surface area contributed by atoms with Crippen molar-refractivity contribution in [3.63, 3.8) is 0 Å². The van der Waals surface area contributed by atoms with Gasteiger partial charge in [-0.1, -0.05) is 44.2 Å². The molecule has 0 saturated carbocycles. The summed E-state index contributed by atoms with van der Waals surface area (Å²) in [5.41, 5.74) is 8.09. The van der Waals surface area contributed by atoms with Crippen LogP contribution in [0.4, 0.5) is 5.82 Å². The first kappa shape index (κ1) is 16.0. The van der Waals surface area contributed by atoms with Crippen molar-refractivity contribution >= 4 is 17.4 Å². The Morgan fingerprint density at radius 3 is 2.67 bits per heavy atom. The van der Waals surface area contributed by atoms with E-state index in [4.69, 9.17) is 5.73 Å². The highest BCUT2D eigenvalue weighted by Gasteiger charge is 2.19. The van der Waals surface area contributed by atoms with Crippen LogP contribution in [0.25, 0.3) is 16.9 Å². The van der Waals surface area contributed by atoms with Gasteiger partial charge in [-0.25, -0.2) is 4.98 Å². The topological polar surface area (TPSA) is 85.3 Å². The van der Waals surface area contributed by atoms with Gasteiger partial charge in [0, 0.05) is 17.7 Å². The van der Waals surface area contributed by atoms with Crippen LogP contribution in [0.3, 0.4) is 0 Å². The van der Waals surface area contributed by atoms with Gasteiger partial charge in [0.2, 0.25) is 5.91 Å². The fraction of sp³-hybridized carbons (Fsp3) is 0.278. The minimum Gasteiger partial charge on any atom is -0.368 e. The van der Waals surface area contributed by atoms with E-state index >= 15 is 0 Å². The first-order valence-electron chi connectivity index (χ1n) is 8.00. The molecule has 124 valence electrons. The summed E-state index contributed by atoms with van der Waals surface area (Å²) in [6.45, 7) is 4.12. The normalized spacial score (nSPS) is 12.5. The van der Waals surface area contributed by atoms with E-state index in [2.05, 4.69) is 29.2 Å². The Morgan fingerprint density at radius 2 is 2.00 bits per heavy atom. The minimum absolute atomic E-state index is 0.346. The summed E-state index contributed by atoms with van der Waals surface area (Å²) < 4.78 is 1.68. The molecule has 0 aliphatic carbocycles. The monoisotopic (exact) mass is 323 g/mol. The minimum atomic E-state index is -0.455. The molecule has 0 spiro atoms. The number of nitrogens with two attached hydrogens (primary N) is 1. The number of fused-ring (bicyclic) bond motifs is 1. The fourth-order valence-electron chi connectivity index (χ4n) is 2.67. The number of aromatic nitrogens is 3. The average molecular weight is 323 g/mol. The van der Waals surface area contributed by atoms with Crippen LogP contribution in [0.2, 0.25) is 0 Å². The fourth-order valence-corrected chi connectivity index (χ4v) is 2.67. The van der Waals surface area contributed by atoms with Crippen LogP contribution in [-0.4, -0.2) is 26.5 Å². The average Bonchev–Trinajstić information content (AvgIpc) is 3.03. The van der Waals surface area contributed by atoms with Crippen LogP contribution in [0, 0.1) is 5.92 Å². The Hall–Kier alpha value is -2.89. The number of amides is 1. The van der Waals surface area contributed by atoms with Gasteiger partial charge in [0.05, 0.1) is 11.9 Å². The molecule has 2 heterocycles. The van der Waals surface area contributed by atoms with E-state index in [1.54, 1.807) is 10.7 Å². The number of carbonyl (C=O) groups excluding carboxylic acids is 1. The molecule has 0 fully saturated rings. The molecule has 0 unspecified atom stereocenters. The molecule has 0 bridgehead atoms.